The third-order valence-electron chi connectivity index (χ3n) is 5.31. The summed E-state index contributed by atoms with van der Waals surface area (Å²) in [6.07, 6.45) is 2.26. The molecule has 1 fully saturated rings. The highest BCUT2D eigenvalue weighted by atomic mass is 16.5. The van der Waals surface area contributed by atoms with Crippen molar-refractivity contribution in [2.75, 3.05) is 13.7 Å². The van der Waals surface area contributed by atoms with Crippen LogP contribution in [0.1, 0.15) is 40.6 Å². The minimum Gasteiger partial charge on any atom is -0.497 e. The normalized spacial score (nSPS) is 17.0. The first kappa shape index (κ1) is 18.3. The molecule has 2 heterocycles. The van der Waals surface area contributed by atoms with E-state index in [1.54, 1.807) is 25.3 Å². The molecule has 1 aliphatic rings. The number of benzene rings is 2. The molecule has 1 saturated heterocycles. The van der Waals surface area contributed by atoms with Crippen LogP contribution in [0.2, 0.25) is 0 Å². The van der Waals surface area contributed by atoms with Gasteiger partial charge in [0.15, 0.2) is 0 Å². The zero-order chi connectivity index (χ0) is 19.5. The largest absolute Gasteiger partial charge is 0.497 e. The van der Waals surface area contributed by atoms with Gasteiger partial charge in [0.2, 0.25) is 0 Å². The third-order valence-corrected chi connectivity index (χ3v) is 5.31. The molecule has 0 aliphatic carbocycles. The third kappa shape index (κ3) is 3.66. The molecule has 1 aromatic heterocycles. The molecule has 1 N–H and O–H groups in total. The van der Waals surface area contributed by atoms with Gasteiger partial charge in [0, 0.05) is 11.6 Å². The Balaban J connectivity index is 1.52. The van der Waals surface area contributed by atoms with Gasteiger partial charge in [0.25, 0.3) is 0 Å². The van der Waals surface area contributed by atoms with E-state index in [0.717, 1.165) is 30.9 Å². The number of carboxylic acids is 1. The van der Waals surface area contributed by atoms with Crippen molar-refractivity contribution >= 4 is 5.97 Å². The van der Waals surface area contributed by atoms with E-state index in [4.69, 9.17) is 9.15 Å². The molecule has 5 heteroatoms. The van der Waals surface area contributed by atoms with Crippen LogP contribution in [-0.4, -0.2) is 29.6 Å². The van der Waals surface area contributed by atoms with E-state index in [0.29, 0.717) is 23.9 Å². The smallest absolute Gasteiger partial charge is 0.336 e. The number of nitrogens with zero attached hydrogens (tertiary/aromatic N) is 1. The summed E-state index contributed by atoms with van der Waals surface area (Å²) in [6.45, 7) is 1.71. The second kappa shape index (κ2) is 7.90. The molecule has 4 rings (SSSR count). The van der Waals surface area contributed by atoms with Crippen LogP contribution < -0.4 is 4.74 Å². The van der Waals surface area contributed by atoms with Crippen molar-refractivity contribution < 1.29 is 19.1 Å². The van der Waals surface area contributed by atoms with Crippen molar-refractivity contribution in [1.29, 1.82) is 0 Å². The van der Waals surface area contributed by atoms with Gasteiger partial charge in [-0.15, -0.1) is 0 Å². The molecule has 1 unspecified atom stereocenters. The zero-order valence-electron chi connectivity index (χ0n) is 15.8. The number of likely N-dealkylation sites (tertiary alicyclic amines) is 1. The summed E-state index contributed by atoms with van der Waals surface area (Å²) in [7, 11) is 1.67. The molecule has 3 aromatic rings. The predicted molar refractivity (Wildman–Crippen MR) is 106 cm³/mol. The summed E-state index contributed by atoms with van der Waals surface area (Å²) in [5.74, 6) is 1.34. The van der Waals surface area contributed by atoms with Gasteiger partial charge >= 0.3 is 5.97 Å². The Hall–Kier alpha value is -3.05. The van der Waals surface area contributed by atoms with Crippen LogP contribution in [0.4, 0.5) is 0 Å². The Morgan fingerprint density at radius 3 is 2.68 bits per heavy atom. The van der Waals surface area contributed by atoms with E-state index in [1.807, 2.05) is 30.3 Å². The number of hydrogen-bond donors (Lipinski definition) is 1. The van der Waals surface area contributed by atoms with Crippen LogP contribution in [0.15, 0.2) is 65.1 Å². The van der Waals surface area contributed by atoms with Gasteiger partial charge in [0.05, 0.1) is 19.2 Å². The summed E-state index contributed by atoms with van der Waals surface area (Å²) in [5.41, 5.74) is 2.14. The molecule has 5 nitrogen and oxygen atoms in total. The highest BCUT2D eigenvalue weighted by Crippen LogP contribution is 2.35. The van der Waals surface area contributed by atoms with Crippen molar-refractivity contribution in [3.05, 3.63) is 77.6 Å². The van der Waals surface area contributed by atoms with Gasteiger partial charge in [0.1, 0.15) is 17.3 Å². The lowest BCUT2D eigenvalue weighted by molar-refractivity contribution is 0.0697. The average molecular weight is 377 g/mol. The van der Waals surface area contributed by atoms with Gasteiger partial charge in [-0.05, 0) is 55.3 Å². The van der Waals surface area contributed by atoms with Gasteiger partial charge in [-0.1, -0.05) is 30.3 Å². The highest BCUT2D eigenvalue weighted by Gasteiger charge is 2.27. The first-order chi connectivity index (χ1) is 13.7. The van der Waals surface area contributed by atoms with Gasteiger partial charge in [-0.2, -0.15) is 0 Å². The fraction of sp³-hybridized carbons (Fsp3) is 0.261. The van der Waals surface area contributed by atoms with Crippen molar-refractivity contribution in [1.82, 2.24) is 4.90 Å². The molecular formula is C23H23NO4. The van der Waals surface area contributed by atoms with Crippen LogP contribution in [0, 0.1) is 0 Å². The Labute approximate surface area is 164 Å². The Morgan fingerprint density at radius 1 is 1.14 bits per heavy atom. The maximum atomic E-state index is 11.5. The summed E-state index contributed by atoms with van der Waals surface area (Å²) >= 11 is 0. The van der Waals surface area contributed by atoms with Crippen LogP contribution in [-0.2, 0) is 6.54 Å². The maximum Gasteiger partial charge on any atom is 0.336 e. The predicted octanol–water partition coefficient (Wildman–Crippen LogP) is 4.99. The quantitative estimate of drug-likeness (QED) is 0.656. The lowest BCUT2D eigenvalue weighted by Crippen LogP contribution is -2.22. The Kier molecular flexibility index (Phi) is 5.17. The highest BCUT2D eigenvalue weighted by molar-refractivity contribution is 5.95. The molecule has 1 atom stereocenters. The lowest BCUT2D eigenvalue weighted by atomic mass is 10.0. The summed E-state index contributed by atoms with van der Waals surface area (Å²) in [4.78, 5) is 13.9. The Bertz CT molecular complexity index is 961. The summed E-state index contributed by atoms with van der Waals surface area (Å²) in [6, 6.07) is 19.3. The summed E-state index contributed by atoms with van der Waals surface area (Å²) < 4.78 is 11.3. The fourth-order valence-electron chi connectivity index (χ4n) is 3.91. The number of carbonyl (C=O) groups is 1. The van der Waals surface area contributed by atoms with Crippen LogP contribution in [0.5, 0.6) is 5.75 Å². The molecule has 144 valence electrons. The van der Waals surface area contributed by atoms with E-state index in [-0.39, 0.29) is 5.56 Å². The Morgan fingerprint density at radius 2 is 1.93 bits per heavy atom. The number of methoxy groups -OCH3 is 1. The van der Waals surface area contributed by atoms with E-state index in [9.17, 15) is 9.90 Å². The topological polar surface area (TPSA) is 62.9 Å². The molecular weight excluding hydrogens is 354 g/mol. The fourth-order valence-corrected chi connectivity index (χ4v) is 3.91. The number of hydrogen-bond acceptors (Lipinski definition) is 4. The average Bonchev–Trinajstić information content (AvgIpc) is 3.38. The van der Waals surface area contributed by atoms with Gasteiger partial charge in [-0.25, -0.2) is 4.79 Å². The minimum absolute atomic E-state index is 0.251. The van der Waals surface area contributed by atoms with Crippen molar-refractivity contribution in [3.8, 4) is 17.1 Å². The van der Waals surface area contributed by atoms with Crippen LogP contribution in [0.25, 0.3) is 11.3 Å². The van der Waals surface area contributed by atoms with E-state index in [1.165, 1.54) is 5.56 Å². The number of aromatic carboxylic acids is 1. The van der Waals surface area contributed by atoms with Crippen LogP contribution in [0.3, 0.4) is 0 Å². The molecule has 2 aromatic carbocycles. The van der Waals surface area contributed by atoms with Crippen molar-refractivity contribution in [2.24, 2.45) is 0 Å². The number of furan rings is 1. The van der Waals surface area contributed by atoms with E-state index in [2.05, 4.69) is 17.0 Å². The molecule has 0 bridgehead atoms. The second-order valence-electron chi connectivity index (χ2n) is 7.02. The van der Waals surface area contributed by atoms with Gasteiger partial charge < -0.3 is 14.3 Å². The number of carboxylic acid groups (broad SMARTS) is 1. The first-order valence-corrected chi connectivity index (χ1v) is 9.45. The van der Waals surface area contributed by atoms with Crippen LogP contribution >= 0.6 is 0 Å². The van der Waals surface area contributed by atoms with Crippen molar-refractivity contribution in [2.45, 2.75) is 25.4 Å². The molecule has 0 amide bonds. The molecule has 28 heavy (non-hydrogen) atoms. The van der Waals surface area contributed by atoms with Gasteiger partial charge in [-0.3, -0.25) is 4.90 Å². The molecule has 0 radical (unpaired) electrons. The second-order valence-corrected chi connectivity index (χ2v) is 7.02. The molecule has 0 spiro atoms. The SMILES string of the molecule is COc1ccc(C2CCCN2Cc2ccc(-c3ccccc3C(=O)O)o2)cc1. The van der Waals surface area contributed by atoms with E-state index >= 15 is 0 Å². The standard InChI is InChI=1S/C23H23NO4/c1-27-17-10-8-16(9-11-17)21-7-4-14-24(21)15-18-12-13-22(28-18)19-5-2-3-6-20(19)23(25)26/h2-3,5-6,8-13,21H,4,7,14-15H2,1H3,(H,25,26). The maximum absolute atomic E-state index is 11.5. The molecule has 0 saturated carbocycles. The van der Waals surface area contributed by atoms with E-state index < -0.39 is 5.97 Å². The molecule has 1 aliphatic heterocycles. The first-order valence-electron chi connectivity index (χ1n) is 9.45. The monoisotopic (exact) mass is 377 g/mol. The number of rotatable bonds is 6. The number of ether oxygens (including phenoxy) is 1. The zero-order valence-corrected chi connectivity index (χ0v) is 15.8. The van der Waals surface area contributed by atoms with Crippen molar-refractivity contribution in [3.63, 3.8) is 0 Å². The summed E-state index contributed by atoms with van der Waals surface area (Å²) in [5, 5.41) is 9.40. The lowest BCUT2D eigenvalue weighted by Gasteiger charge is -2.24. The minimum atomic E-state index is -0.951.